The van der Waals surface area contributed by atoms with Crippen molar-refractivity contribution < 1.29 is 4.79 Å². The van der Waals surface area contributed by atoms with Crippen LogP contribution in [0.2, 0.25) is 0 Å². The van der Waals surface area contributed by atoms with Crippen molar-refractivity contribution in [1.29, 1.82) is 0 Å². The van der Waals surface area contributed by atoms with Crippen LogP contribution in [0.3, 0.4) is 0 Å². The number of amides is 1. The number of carbonyl (C=O) groups excluding carboxylic acids is 1. The summed E-state index contributed by atoms with van der Waals surface area (Å²) in [6.07, 6.45) is 0.824. The molecule has 0 saturated carbocycles. The molecule has 92 valence electrons. The summed E-state index contributed by atoms with van der Waals surface area (Å²) >= 11 is 0. The van der Waals surface area contributed by atoms with Gasteiger partial charge >= 0.3 is 0 Å². The predicted octanol–water partition coefficient (Wildman–Crippen LogP) is 2.19. The third kappa shape index (κ3) is 2.99. The van der Waals surface area contributed by atoms with E-state index >= 15 is 0 Å². The second kappa shape index (κ2) is 4.40. The lowest BCUT2D eigenvalue weighted by molar-refractivity contribution is -0.126. The van der Waals surface area contributed by atoms with Crippen LogP contribution in [0, 0.1) is 5.92 Å². The van der Waals surface area contributed by atoms with Crippen molar-refractivity contribution in [1.82, 2.24) is 5.32 Å². The number of para-hydroxylation sites is 1. The first-order valence-corrected chi connectivity index (χ1v) is 6.09. The monoisotopic (exact) mass is 232 g/mol. The Hall–Kier alpha value is -1.51. The zero-order valence-corrected chi connectivity index (χ0v) is 10.7. The van der Waals surface area contributed by atoms with Gasteiger partial charge < -0.3 is 10.6 Å². The molecule has 1 aliphatic rings. The van der Waals surface area contributed by atoms with Gasteiger partial charge in [-0.3, -0.25) is 4.79 Å². The quantitative estimate of drug-likeness (QED) is 0.779. The Balaban J connectivity index is 2.05. The Morgan fingerprint density at radius 1 is 1.35 bits per heavy atom. The van der Waals surface area contributed by atoms with E-state index in [0.29, 0.717) is 0 Å². The van der Waals surface area contributed by atoms with Crippen molar-refractivity contribution in [3.8, 4) is 0 Å². The molecule has 0 bridgehead atoms. The molecule has 2 N–H and O–H groups in total. The van der Waals surface area contributed by atoms with Crippen molar-refractivity contribution in [3.05, 3.63) is 29.8 Å². The molecule has 2 rings (SSSR count). The number of benzene rings is 1. The van der Waals surface area contributed by atoms with Gasteiger partial charge in [0.25, 0.3) is 0 Å². The van der Waals surface area contributed by atoms with Crippen LogP contribution in [0.4, 0.5) is 5.69 Å². The lowest BCUT2D eigenvalue weighted by Gasteiger charge is -2.29. The van der Waals surface area contributed by atoms with Crippen molar-refractivity contribution >= 4 is 11.6 Å². The van der Waals surface area contributed by atoms with E-state index in [-0.39, 0.29) is 17.4 Å². The highest BCUT2D eigenvalue weighted by molar-refractivity contribution is 5.81. The smallest absolute Gasteiger partial charge is 0.225 e. The molecule has 1 unspecified atom stereocenters. The average Bonchev–Trinajstić information content (AvgIpc) is 2.26. The molecular formula is C14H20N2O. The van der Waals surface area contributed by atoms with Crippen molar-refractivity contribution in [2.75, 3.05) is 11.9 Å². The number of anilines is 1. The minimum absolute atomic E-state index is 0.0316. The topological polar surface area (TPSA) is 41.1 Å². The maximum absolute atomic E-state index is 12.1. The molecule has 1 aromatic carbocycles. The minimum Gasteiger partial charge on any atom is -0.384 e. The first kappa shape index (κ1) is 12.0. The molecule has 0 aromatic heterocycles. The molecular weight excluding hydrogens is 212 g/mol. The fourth-order valence-electron chi connectivity index (χ4n) is 2.10. The summed E-state index contributed by atoms with van der Waals surface area (Å²) in [4.78, 5) is 12.1. The molecule has 1 aliphatic heterocycles. The molecule has 17 heavy (non-hydrogen) atoms. The number of hydrogen-bond acceptors (Lipinski definition) is 2. The summed E-state index contributed by atoms with van der Waals surface area (Å²) in [5, 5.41) is 6.36. The van der Waals surface area contributed by atoms with Gasteiger partial charge in [-0.25, -0.2) is 0 Å². The highest BCUT2D eigenvalue weighted by Gasteiger charge is 2.26. The molecule has 3 nitrogen and oxygen atoms in total. The molecule has 0 fully saturated rings. The zero-order valence-electron chi connectivity index (χ0n) is 10.7. The van der Waals surface area contributed by atoms with E-state index in [0.717, 1.165) is 18.7 Å². The van der Waals surface area contributed by atoms with Gasteiger partial charge in [0.2, 0.25) is 5.91 Å². The fourth-order valence-corrected chi connectivity index (χ4v) is 2.10. The standard InChI is InChI=1S/C14H20N2O/c1-14(2,3)16-13(17)11-8-10-6-4-5-7-12(10)15-9-11/h4-7,11,15H,8-9H2,1-3H3,(H,16,17). The molecule has 1 atom stereocenters. The second-order valence-electron chi connectivity index (χ2n) is 5.68. The Bertz CT molecular complexity index is 420. The summed E-state index contributed by atoms with van der Waals surface area (Å²) in [6.45, 7) is 6.75. The van der Waals surface area contributed by atoms with Crippen LogP contribution in [-0.2, 0) is 11.2 Å². The highest BCUT2D eigenvalue weighted by Crippen LogP contribution is 2.24. The highest BCUT2D eigenvalue weighted by atomic mass is 16.2. The van der Waals surface area contributed by atoms with Crippen LogP contribution >= 0.6 is 0 Å². The van der Waals surface area contributed by atoms with E-state index in [1.165, 1.54) is 5.56 Å². The minimum atomic E-state index is -0.159. The zero-order chi connectivity index (χ0) is 12.5. The number of rotatable bonds is 1. The van der Waals surface area contributed by atoms with E-state index in [9.17, 15) is 4.79 Å². The molecule has 0 radical (unpaired) electrons. The number of carbonyl (C=O) groups is 1. The number of hydrogen-bond donors (Lipinski definition) is 2. The molecule has 0 aliphatic carbocycles. The molecule has 0 spiro atoms. The third-order valence-electron chi connectivity index (χ3n) is 2.89. The third-order valence-corrected chi connectivity index (χ3v) is 2.89. The van der Waals surface area contributed by atoms with Crippen molar-refractivity contribution in [2.24, 2.45) is 5.92 Å². The molecule has 1 aromatic rings. The lowest BCUT2D eigenvalue weighted by Crippen LogP contribution is -2.46. The Labute approximate surface area is 103 Å². The predicted molar refractivity (Wildman–Crippen MR) is 70.0 cm³/mol. The Kier molecular flexibility index (Phi) is 3.09. The van der Waals surface area contributed by atoms with Gasteiger partial charge in [-0.15, -0.1) is 0 Å². The van der Waals surface area contributed by atoms with E-state index in [2.05, 4.69) is 22.8 Å². The van der Waals surface area contributed by atoms with Crippen molar-refractivity contribution in [2.45, 2.75) is 32.7 Å². The molecule has 0 saturated heterocycles. The maximum atomic E-state index is 12.1. The van der Waals surface area contributed by atoms with E-state index < -0.39 is 0 Å². The van der Waals surface area contributed by atoms with Crippen LogP contribution in [0.25, 0.3) is 0 Å². The summed E-state index contributed by atoms with van der Waals surface area (Å²) in [7, 11) is 0. The van der Waals surface area contributed by atoms with E-state index in [1.807, 2.05) is 32.9 Å². The van der Waals surface area contributed by atoms with Crippen LogP contribution < -0.4 is 10.6 Å². The van der Waals surface area contributed by atoms with Gasteiger partial charge in [0.05, 0.1) is 5.92 Å². The van der Waals surface area contributed by atoms with Gasteiger partial charge in [0, 0.05) is 17.8 Å². The SMILES string of the molecule is CC(C)(C)NC(=O)C1CNc2ccccc2C1. The average molecular weight is 232 g/mol. The second-order valence-corrected chi connectivity index (χ2v) is 5.68. The Morgan fingerprint density at radius 3 is 2.76 bits per heavy atom. The number of nitrogens with one attached hydrogen (secondary N) is 2. The largest absolute Gasteiger partial charge is 0.384 e. The van der Waals surface area contributed by atoms with Crippen LogP contribution in [0.15, 0.2) is 24.3 Å². The molecule has 1 heterocycles. The van der Waals surface area contributed by atoms with Crippen LogP contribution in [-0.4, -0.2) is 18.0 Å². The van der Waals surface area contributed by atoms with Gasteiger partial charge in [-0.2, -0.15) is 0 Å². The van der Waals surface area contributed by atoms with E-state index in [1.54, 1.807) is 0 Å². The van der Waals surface area contributed by atoms with Crippen LogP contribution in [0.1, 0.15) is 26.3 Å². The van der Waals surface area contributed by atoms with Crippen molar-refractivity contribution in [3.63, 3.8) is 0 Å². The molecule has 3 heteroatoms. The molecule has 1 amide bonds. The summed E-state index contributed by atoms with van der Waals surface area (Å²) in [5.41, 5.74) is 2.23. The van der Waals surface area contributed by atoms with Gasteiger partial charge in [0.1, 0.15) is 0 Å². The Morgan fingerprint density at radius 2 is 2.06 bits per heavy atom. The lowest BCUT2D eigenvalue weighted by atomic mass is 9.92. The summed E-state index contributed by atoms with van der Waals surface area (Å²) in [5.74, 6) is 0.170. The first-order chi connectivity index (χ1) is 7.96. The number of fused-ring (bicyclic) bond motifs is 1. The van der Waals surface area contributed by atoms with Gasteiger partial charge in [-0.1, -0.05) is 18.2 Å². The van der Waals surface area contributed by atoms with E-state index in [4.69, 9.17) is 0 Å². The normalized spacial score (nSPS) is 19.1. The fraction of sp³-hybridized carbons (Fsp3) is 0.500. The first-order valence-electron chi connectivity index (χ1n) is 6.09. The van der Waals surface area contributed by atoms with Gasteiger partial charge in [-0.05, 0) is 38.8 Å². The maximum Gasteiger partial charge on any atom is 0.225 e. The summed E-state index contributed by atoms with van der Waals surface area (Å²) < 4.78 is 0. The van der Waals surface area contributed by atoms with Crippen LogP contribution in [0.5, 0.6) is 0 Å². The van der Waals surface area contributed by atoms with Gasteiger partial charge in [0.15, 0.2) is 0 Å². The summed E-state index contributed by atoms with van der Waals surface area (Å²) in [6, 6.07) is 8.18.